The summed E-state index contributed by atoms with van der Waals surface area (Å²) in [5.41, 5.74) is 0.238. The number of aliphatic carboxylic acids is 1. The van der Waals surface area contributed by atoms with E-state index in [-0.39, 0.29) is 11.5 Å². The highest BCUT2D eigenvalue weighted by Crippen LogP contribution is 2.20. The third-order valence-electron chi connectivity index (χ3n) is 2.28. The van der Waals surface area contributed by atoms with Gasteiger partial charge < -0.3 is 10.4 Å². The summed E-state index contributed by atoms with van der Waals surface area (Å²) in [6, 6.07) is -0.148. The van der Waals surface area contributed by atoms with Gasteiger partial charge in [-0.25, -0.2) is 0 Å². The first-order valence-corrected chi connectivity index (χ1v) is 5.75. The van der Waals surface area contributed by atoms with E-state index in [1.165, 1.54) is 0 Å². The lowest BCUT2D eigenvalue weighted by Gasteiger charge is -2.26. The van der Waals surface area contributed by atoms with Crippen LogP contribution in [0.2, 0.25) is 0 Å². The van der Waals surface area contributed by atoms with Gasteiger partial charge in [-0.05, 0) is 25.2 Å². The fourth-order valence-corrected chi connectivity index (χ4v) is 1.89. The summed E-state index contributed by atoms with van der Waals surface area (Å²) >= 11 is 0. The zero-order valence-electron chi connectivity index (χ0n) is 10.6. The lowest BCUT2D eigenvalue weighted by atomic mass is 9.88. The molecule has 0 aliphatic carbocycles. The Balaban J connectivity index is 4.11. The largest absolute Gasteiger partial charge is 0.480 e. The predicted molar refractivity (Wildman–Crippen MR) is 63.0 cm³/mol. The maximum absolute atomic E-state index is 10.9. The lowest BCUT2D eigenvalue weighted by Crippen LogP contribution is -2.43. The highest BCUT2D eigenvalue weighted by Gasteiger charge is 2.21. The van der Waals surface area contributed by atoms with Gasteiger partial charge in [0.1, 0.15) is 6.04 Å². The normalized spacial score (nSPS) is 16.1. The molecule has 0 heterocycles. The third kappa shape index (κ3) is 7.37. The average Bonchev–Trinajstić information content (AvgIpc) is 1.99. The van der Waals surface area contributed by atoms with Crippen LogP contribution >= 0.6 is 0 Å². The monoisotopic (exact) mass is 215 g/mol. The van der Waals surface area contributed by atoms with Gasteiger partial charge in [0.2, 0.25) is 0 Å². The van der Waals surface area contributed by atoms with Crippen molar-refractivity contribution in [3.8, 4) is 0 Å². The maximum Gasteiger partial charge on any atom is 0.320 e. The molecule has 90 valence electrons. The number of nitrogens with one attached hydrogen (secondary N) is 1. The van der Waals surface area contributed by atoms with E-state index in [1.54, 1.807) is 0 Å². The van der Waals surface area contributed by atoms with Crippen molar-refractivity contribution in [2.75, 3.05) is 0 Å². The summed E-state index contributed by atoms with van der Waals surface area (Å²) in [5.74, 6) is -0.738. The van der Waals surface area contributed by atoms with Crippen molar-refractivity contribution in [2.24, 2.45) is 5.41 Å². The quantitative estimate of drug-likeness (QED) is 0.716. The second kappa shape index (κ2) is 6.11. The maximum atomic E-state index is 10.9. The van der Waals surface area contributed by atoms with E-state index in [4.69, 9.17) is 5.11 Å². The summed E-state index contributed by atoms with van der Waals surface area (Å²) in [5, 5.41) is 12.2. The fraction of sp³-hybridized carbons (Fsp3) is 0.917. The summed E-state index contributed by atoms with van der Waals surface area (Å²) < 4.78 is 0. The molecule has 0 radical (unpaired) electrons. The summed E-state index contributed by atoms with van der Waals surface area (Å²) in [6.45, 7) is 10.6. The number of hydrogen-bond acceptors (Lipinski definition) is 2. The van der Waals surface area contributed by atoms with Crippen molar-refractivity contribution in [3.05, 3.63) is 0 Å². The molecule has 0 aliphatic heterocycles. The van der Waals surface area contributed by atoms with Gasteiger partial charge in [-0.3, -0.25) is 4.79 Å². The van der Waals surface area contributed by atoms with E-state index in [9.17, 15) is 4.79 Å². The zero-order valence-corrected chi connectivity index (χ0v) is 10.6. The van der Waals surface area contributed by atoms with E-state index in [1.807, 2.05) is 6.92 Å². The van der Waals surface area contributed by atoms with Crippen molar-refractivity contribution in [2.45, 2.75) is 66.0 Å². The predicted octanol–water partition coefficient (Wildman–Crippen LogP) is 2.65. The Bertz CT molecular complexity index is 196. The van der Waals surface area contributed by atoms with E-state index in [0.717, 1.165) is 12.8 Å². The van der Waals surface area contributed by atoms with Crippen LogP contribution in [0.15, 0.2) is 0 Å². The van der Waals surface area contributed by atoms with Gasteiger partial charge in [-0.2, -0.15) is 0 Å². The minimum Gasteiger partial charge on any atom is -0.480 e. The molecule has 0 aromatic rings. The van der Waals surface area contributed by atoms with Crippen molar-refractivity contribution in [1.82, 2.24) is 5.32 Å². The highest BCUT2D eigenvalue weighted by atomic mass is 16.4. The Kier molecular flexibility index (Phi) is 5.88. The van der Waals surface area contributed by atoms with E-state index in [2.05, 4.69) is 33.0 Å². The first-order chi connectivity index (χ1) is 6.76. The van der Waals surface area contributed by atoms with Crippen LogP contribution < -0.4 is 5.32 Å². The standard InChI is InChI=1S/C12H25NO2/c1-6-7-10(11(14)15)13-9(2)8-12(3,4)5/h9-10,13H,6-8H2,1-5H3,(H,14,15). The average molecular weight is 215 g/mol. The van der Waals surface area contributed by atoms with Crippen LogP contribution in [0.4, 0.5) is 0 Å². The molecule has 0 spiro atoms. The van der Waals surface area contributed by atoms with Crippen LogP contribution in [-0.4, -0.2) is 23.2 Å². The number of carboxylic acids is 1. The van der Waals surface area contributed by atoms with Gasteiger partial charge in [0.25, 0.3) is 0 Å². The Morgan fingerprint density at radius 1 is 1.40 bits per heavy atom. The van der Waals surface area contributed by atoms with Crippen LogP contribution in [0.25, 0.3) is 0 Å². The number of carboxylic acid groups (broad SMARTS) is 1. The molecule has 0 rings (SSSR count). The molecule has 2 N–H and O–H groups in total. The molecule has 0 aromatic heterocycles. The molecule has 0 bridgehead atoms. The van der Waals surface area contributed by atoms with Crippen LogP contribution in [0, 0.1) is 5.41 Å². The van der Waals surface area contributed by atoms with E-state index in [0.29, 0.717) is 6.42 Å². The lowest BCUT2D eigenvalue weighted by molar-refractivity contribution is -0.140. The summed E-state index contributed by atoms with van der Waals surface area (Å²) in [4.78, 5) is 10.9. The first-order valence-electron chi connectivity index (χ1n) is 5.75. The van der Waals surface area contributed by atoms with Crippen molar-refractivity contribution >= 4 is 5.97 Å². The van der Waals surface area contributed by atoms with E-state index < -0.39 is 12.0 Å². The molecule has 2 atom stereocenters. The molecule has 0 amide bonds. The number of hydrogen-bond donors (Lipinski definition) is 2. The molecule has 3 nitrogen and oxygen atoms in total. The molecular formula is C12H25NO2. The van der Waals surface area contributed by atoms with Crippen LogP contribution in [0.3, 0.4) is 0 Å². The molecule has 0 fully saturated rings. The van der Waals surface area contributed by atoms with Gasteiger partial charge in [-0.1, -0.05) is 34.1 Å². The van der Waals surface area contributed by atoms with Gasteiger partial charge in [0.15, 0.2) is 0 Å². The summed E-state index contributed by atoms with van der Waals surface area (Å²) in [7, 11) is 0. The zero-order chi connectivity index (χ0) is 12.1. The minimum absolute atomic E-state index is 0.238. The van der Waals surface area contributed by atoms with E-state index >= 15 is 0 Å². The van der Waals surface area contributed by atoms with Gasteiger partial charge in [0, 0.05) is 6.04 Å². The van der Waals surface area contributed by atoms with Crippen LogP contribution in [0.1, 0.15) is 53.9 Å². The second-order valence-electron chi connectivity index (χ2n) is 5.51. The molecular weight excluding hydrogens is 190 g/mol. The molecule has 0 aromatic carbocycles. The Hall–Kier alpha value is -0.570. The Labute approximate surface area is 93.3 Å². The van der Waals surface area contributed by atoms with Crippen LogP contribution in [-0.2, 0) is 4.79 Å². The molecule has 2 unspecified atom stereocenters. The van der Waals surface area contributed by atoms with Gasteiger partial charge in [-0.15, -0.1) is 0 Å². The first kappa shape index (κ1) is 14.4. The SMILES string of the molecule is CCCC(NC(C)CC(C)(C)C)C(=O)O. The van der Waals surface area contributed by atoms with Crippen molar-refractivity contribution in [1.29, 1.82) is 0 Å². The topological polar surface area (TPSA) is 49.3 Å². The molecule has 0 saturated heterocycles. The number of carbonyl (C=O) groups is 1. The van der Waals surface area contributed by atoms with Crippen molar-refractivity contribution < 1.29 is 9.90 Å². The fourth-order valence-electron chi connectivity index (χ4n) is 1.89. The molecule has 3 heteroatoms. The third-order valence-corrected chi connectivity index (χ3v) is 2.28. The van der Waals surface area contributed by atoms with Gasteiger partial charge in [0.05, 0.1) is 0 Å². The molecule has 0 aliphatic rings. The molecule has 15 heavy (non-hydrogen) atoms. The Morgan fingerprint density at radius 3 is 2.27 bits per heavy atom. The summed E-state index contributed by atoms with van der Waals surface area (Å²) in [6.07, 6.45) is 2.58. The Morgan fingerprint density at radius 2 is 1.93 bits per heavy atom. The second-order valence-corrected chi connectivity index (χ2v) is 5.51. The van der Waals surface area contributed by atoms with Crippen LogP contribution in [0.5, 0.6) is 0 Å². The number of rotatable bonds is 6. The minimum atomic E-state index is -0.738. The molecule has 0 saturated carbocycles. The van der Waals surface area contributed by atoms with Gasteiger partial charge >= 0.3 is 5.97 Å². The smallest absolute Gasteiger partial charge is 0.320 e. The highest BCUT2D eigenvalue weighted by molar-refractivity contribution is 5.73. The van der Waals surface area contributed by atoms with Crippen molar-refractivity contribution in [3.63, 3.8) is 0 Å².